The Bertz CT molecular complexity index is 696. The number of carbonyl (C=O) groups excluding carboxylic acids is 1. The van der Waals surface area contributed by atoms with Gasteiger partial charge in [-0.15, -0.1) is 0 Å². The summed E-state index contributed by atoms with van der Waals surface area (Å²) in [6.45, 7) is 3.94. The van der Waals surface area contributed by atoms with E-state index in [1.165, 1.54) is 24.4 Å². The second-order valence-corrected chi connectivity index (χ2v) is 5.53. The van der Waals surface area contributed by atoms with Crippen molar-refractivity contribution in [3.8, 4) is 0 Å². The van der Waals surface area contributed by atoms with Gasteiger partial charge < -0.3 is 5.32 Å². The molecule has 0 saturated carbocycles. The number of hydrogen-bond donors (Lipinski definition) is 1. The number of amides is 1. The number of aromatic nitrogens is 2. The van der Waals surface area contributed by atoms with E-state index in [9.17, 15) is 14.9 Å². The minimum atomic E-state index is -0.544. The van der Waals surface area contributed by atoms with Crippen molar-refractivity contribution in [2.24, 2.45) is 0 Å². The van der Waals surface area contributed by atoms with Crippen molar-refractivity contribution < 1.29 is 9.72 Å². The molecular weight excluding hydrogens is 340 g/mol. The van der Waals surface area contributed by atoms with Crippen LogP contribution in [0, 0.1) is 10.1 Å². The summed E-state index contributed by atoms with van der Waals surface area (Å²) in [4.78, 5) is 22.4. The largest absolute Gasteiger partial charge is 0.319 e. The summed E-state index contributed by atoms with van der Waals surface area (Å²) in [5, 5.41) is 17.6. The number of halogens is 1. The van der Waals surface area contributed by atoms with Crippen LogP contribution in [0.3, 0.4) is 0 Å². The topological polar surface area (TPSA) is 90.1 Å². The molecule has 1 amide bonds. The highest BCUT2D eigenvalue weighted by molar-refractivity contribution is 9.10. The maximum Gasteiger partial charge on any atom is 0.284 e. The second-order valence-electron chi connectivity index (χ2n) is 4.68. The Balaban J connectivity index is 2.20. The normalized spacial score (nSPS) is 10.7. The molecular formula is C13H13BrN4O3. The third-order valence-corrected chi connectivity index (χ3v) is 3.46. The van der Waals surface area contributed by atoms with Gasteiger partial charge in [0, 0.05) is 23.9 Å². The number of nitro benzene ring substituents is 1. The molecule has 0 bridgehead atoms. The highest BCUT2D eigenvalue weighted by Crippen LogP contribution is 2.26. The summed E-state index contributed by atoms with van der Waals surface area (Å²) in [5.41, 5.74) is 0.599. The van der Waals surface area contributed by atoms with Crippen LogP contribution in [0.4, 0.5) is 11.4 Å². The molecule has 0 atom stereocenters. The molecule has 2 aromatic rings. The molecule has 0 unspecified atom stereocenters. The van der Waals surface area contributed by atoms with Crippen molar-refractivity contribution in [2.75, 3.05) is 5.32 Å². The molecule has 1 heterocycles. The molecule has 0 fully saturated rings. The van der Waals surface area contributed by atoms with Crippen LogP contribution in [0.5, 0.6) is 0 Å². The third-order valence-electron chi connectivity index (χ3n) is 2.79. The van der Waals surface area contributed by atoms with Crippen molar-refractivity contribution in [3.05, 3.63) is 50.7 Å². The summed E-state index contributed by atoms with van der Waals surface area (Å²) in [6.07, 6.45) is 3.24. The van der Waals surface area contributed by atoms with Crippen LogP contribution in [0.15, 0.2) is 35.1 Å². The summed E-state index contributed by atoms with van der Waals surface area (Å²) in [5.74, 6) is -0.422. The van der Waals surface area contributed by atoms with Gasteiger partial charge in [-0.05, 0) is 41.9 Å². The number of hydrogen-bond acceptors (Lipinski definition) is 4. The van der Waals surface area contributed by atoms with Gasteiger partial charge in [0.1, 0.15) is 0 Å². The molecule has 0 aliphatic heterocycles. The van der Waals surface area contributed by atoms with Crippen LogP contribution in [-0.4, -0.2) is 20.6 Å². The Labute approximate surface area is 129 Å². The number of rotatable bonds is 4. The lowest BCUT2D eigenvalue weighted by Crippen LogP contribution is -2.12. The zero-order valence-electron chi connectivity index (χ0n) is 11.4. The Kier molecular flexibility index (Phi) is 4.37. The molecule has 0 spiro atoms. The fourth-order valence-electron chi connectivity index (χ4n) is 1.68. The fourth-order valence-corrected chi connectivity index (χ4v) is 2.07. The smallest absolute Gasteiger partial charge is 0.284 e. The van der Waals surface area contributed by atoms with Gasteiger partial charge in [0.05, 0.1) is 21.3 Å². The average molecular weight is 353 g/mol. The SMILES string of the molecule is CC(C)n1cc(NC(=O)c2ccc(Br)c([N+](=O)[O-])c2)cn1. The third kappa shape index (κ3) is 3.46. The summed E-state index contributed by atoms with van der Waals surface area (Å²) < 4.78 is 2.04. The zero-order chi connectivity index (χ0) is 15.6. The van der Waals surface area contributed by atoms with Crippen molar-refractivity contribution in [1.29, 1.82) is 0 Å². The van der Waals surface area contributed by atoms with Crippen LogP contribution < -0.4 is 5.32 Å². The van der Waals surface area contributed by atoms with Gasteiger partial charge in [-0.1, -0.05) is 0 Å². The Morgan fingerprint density at radius 2 is 2.19 bits per heavy atom. The second kappa shape index (κ2) is 6.04. The molecule has 110 valence electrons. The first-order chi connectivity index (χ1) is 9.88. The lowest BCUT2D eigenvalue weighted by Gasteiger charge is -2.04. The van der Waals surface area contributed by atoms with Crippen LogP contribution in [0.25, 0.3) is 0 Å². The number of benzene rings is 1. The molecule has 0 aliphatic carbocycles. The van der Waals surface area contributed by atoms with Gasteiger partial charge in [-0.2, -0.15) is 5.10 Å². The van der Waals surface area contributed by atoms with Gasteiger partial charge in [0.2, 0.25) is 0 Å². The first-order valence-electron chi connectivity index (χ1n) is 6.18. The standard InChI is InChI=1S/C13H13BrN4O3/c1-8(2)17-7-10(6-15-17)16-13(19)9-3-4-11(14)12(5-9)18(20)21/h3-8H,1-2H3,(H,16,19). The maximum absolute atomic E-state index is 12.1. The molecule has 0 saturated heterocycles. The molecule has 2 rings (SSSR count). The van der Waals surface area contributed by atoms with E-state index >= 15 is 0 Å². The van der Waals surface area contributed by atoms with Crippen LogP contribution in [0.2, 0.25) is 0 Å². The summed E-state index contributed by atoms with van der Waals surface area (Å²) in [7, 11) is 0. The van der Waals surface area contributed by atoms with E-state index in [0.29, 0.717) is 10.2 Å². The molecule has 0 radical (unpaired) electrons. The van der Waals surface area contributed by atoms with E-state index < -0.39 is 10.8 Å². The number of nitrogens with one attached hydrogen (secondary N) is 1. The highest BCUT2D eigenvalue weighted by atomic mass is 79.9. The Morgan fingerprint density at radius 3 is 2.76 bits per heavy atom. The van der Waals surface area contributed by atoms with Crippen molar-refractivity contribution in [2.45, 2.75) is 19.9 Å². The molecule has 8 heteroatoms. The van der Waals surface area contributed by atoms with Crippen LogP contribution in [0.1, 0.15) is 30.2 Å². The minimum Gasteiger partial charge on any atom is -0.319 e. The van der Waals surface area contributed by atoms with Gasteiger partial charge in [0.15, 0.2) is 0 Å². The van der Waals surface area contributed by atoms with Gasteiger partial charge in [0.25, 0.3) is 11.6 Å². The first kappa shape index (κ1) is 15.2. The lowest BCUT2D eigenvalue weighted by molar-refractivity contribution is -0.385. The maximum atomic E-state index is 12.1. The molecule has 7 nitrogen and oxygen atoms in total. The fraction of sp³-hybridized carbons (Fsp3) is 0.231. The van der Waals surface area contributed by atoms with E-state index in [1.54, 1.807) is 10.9 Å². The quantitative estimate of drug-likeness (QED) is 0.674. The van der Waals surface area contributed by atoms with E-state index in [-0.39, 0.29) is 17.3 Å². The van der Waals surface area contributed by atoms with Gasteiger partial charge in [-0.3, -0.25) is 19.6 Å². The molecule has 1 aromatic heterocycles. The van der Waals surface area contributed by atoms with Crippen molar-refractivity contribution in [3.63, 3.8) is 0 Å². The Hall–Kier alpha value is -2.22. The van der Waals surface area contributed by atoms with Crippen molar-refractivity contribution >= 4 is 33.2 Å². The Morgan fingerprint density at radius 1 is 1.48 bits per heavy atom. The molecule has 1 N–H and O–H groups in total. The van der Waals surface area contributed by atoms with Crippen LogP contribution in [-0.2, 0) is 0 Å². The van der Waals surface area contributed by atoms with Gasteiger partial charge >= 0.3 is 0 Å². The number of nitro groups is 1. The lowest BCUT2D eigenvalue weighted by atomic mass is 10.2. The monoisotopic (exact) mass is 352 g/mol. The summed E-state index contributed by atoms with van der Waals surface area (Å²) >= 11 is 3.08. The minimum absolute atomic E-state index is 0.152. The zero-order valence-corrected chi connectivity index (χ0v) is 13.0. The van der Waals surface area contributed by atoms with E-state index in [1.807, 2.05) is 13.8 Å². The van der Waals surface area contributed by atoms with Crippen molar-refractivity contribution in [1.82, 2.24) is 9.78 Å². The number of nitrogens with zero attached hydrogens (tertiary/aromatic N) is 3. The first-order valence-corrected chi connectivity index (χ1v) is 6.97. The van der Waals surface area contributed by atoms with Crippen LogP contribution >= 0.6 is 15.9 Å². The average Bonchev–Trinajstić information content (AvgIpc) is 2.87. The molecule has 0 aliphatic rings. The highest BCUT2D eigenvalue weighted by Gasteiger charge is 2.16. The predicted molar refractivity (Wildman–Crippen MR) is 81.4 cm³/mol. The molecule has 1 aromatic carbocycles. The number of anilines is 1. The molecule has 21 heavy (non-hydrogen) atoms. The van der Waals surface area contributed by atoms with E-state index in [0.717, 1.165) is 0 Å². The van der Waals surface area contributed by atoms with Gasteiger partial charge in [-0.25, -0.2) is 0 Å². The number of carbonyl (C=O) groups is 1. The van der Waals surface area contributed by atoms with E-state index in [4.69, 9.17) is 0 Å². The predicted octanol–water partition coefficient (Wildman–Crippen LogP) is 3.39. The summed E-state index contributed by atoms with van der Waals surface area (Å²) in [6, 6.07) is 4.40. The van der Waals surface area contributed by atoms with E-state index in [2.05, 4.69) is 26.3 Å².